The molecule has 3 N–H and O–H groups in total. The van der Waals surface area contributed by atoms with Crippen molar-refractivity contribution in [2.45, 2.75) is 46.8 Å². The number of rotatable bonds is 9. The van der Waals surface area contributed by atoms with Gasteiger partial charge >= 0.3 is 0 Å². The van der Waals surface area contributed by atoms with Crippen LogP contribution in [0.5, 0.6) is 5.75 Å². The fraction of sp³-hybridized carbons (Fsp3) is 0.357. The summed E-state index contributed by atoms with van der Waals surface area (Å²) in [6.45, 7) is 10.1. The quantitative estimate of drug-likeness (QED) is 0.316. The molecule has 3 heterocycles. The van der Waals surface area contributed by atoms with Gasteiger partial charge in [0.1, 0.15) is 5.75 Å². The maximum Gasteiger partial charge on any atom is 0.254 e. The van der Waals surface area contributed by atoms with E-state index in [1.807, 2.05) is 50.8 Å². The average molecular weight is 502 g/mol. The summed E-state index contributed by atoms with van der Waals surface area (Å²) in [6.07, 6.45) is 1.81. The highest BCUT2D eigenvalue weighted by atomic mass is 16.3. The second-order valence-electron chi connectivity index (χ2n) is 9.39. The Kier molecular flexibility index (Phi) is 7.73. The van der Waals surface area contributed by atoms with Gasteiger partial charge in [-0.15, -0.1) is 0 Å². The number of hydrogen-bond donors (Lipinski definition) is 3. The predicted molar refractivity (Wildman–Crippen MR) is 147 cm³/mol. The van der Waals surface area contributed by atoms with Crippen molar-refractivity contribution in [3.8, 4) is 17.1 Å². The Morgan fingerprint density at radius 2 is 1.92 bits per heavy atom. The molecule has 0 saturated carbocycles. The number of nitrogens with zero attached hydrogens (tertiary/aromatic N) is 5. The van der Waals surface area contributed by atoms with Crippen LogP contribution in [0, 0.1) is 13.8 Å². The van der Waals surface area contributed by atoms with E-state index in [0.29, 0.717) is 40.4 Å². The van der Waals surface area contributed by atoms with Gasteiger partial charge < -0.3 is 20.6 Å². The highest BCUT2D eigenvalue weighted by molar-refractivity contribution is 6.07. The number of carbonyl (C=O) groups excluding carboxylic acids is 1. The molecule has 9 nitrogen and oxygen atoms in total. The summed E-state index contributed by atoms with van der Waals surface area (Å²) in [6, 6.07) is 10.9. The number of pyridine rings is 2. The lowest BCUT2D eigenvalue weighted by atomic mass is 10.0. The molecule has 0 saturated heterocycles. The van der Waals surface area contributed by atoms with Crippen LogP contribution in [0.2, 0.25) is 0 Å². The summed E-state index contributed by atoms with van der Waals surface area (Å²) in [7, 11) is 3.70. The van der Waals surface area contributed by atoms with E-state index < -0.39 is 0 Å². The van der Waals surface area contributed by atoms with Crippen molar-refractivity contribution in [3.63, 3.8) is 0 Å². The van der Waals surface area contributed by atoms with Crippen molar-refractivity contribution >= 4 is 22.5 Å². The molecule has 9 heteroatoms. The molecule has 0 bridgehead atoms. The summed E-state index contributed by atoms with van der Waals surface area (Å²) < 4.78 is 1.91. The van der Waals surface area contributed by atoms with Crippen LogP contribution in [0.3, 0.4) is 0 Å². The fourth-order valence-corrected chi connectivity index (χ4v) is 4.27. The van der Waals surface area contributed by atoms with Gasteiger partial charge in [0, 0.05) is 49.4 Å². The van der Waals surface area contributed by atoms with E-state index in [-0.39, 0.29) is 11.7 Å². The average Bonchev–Trinajstić information content (AvgIpc) is 3.25. The minimum absolute atomic E-state index is 0.0824. The third-order valence-corrected chi connectivity index (χ3v) is 6.72. The highest BCUT2D eigenvalue weighted by Crippen LogP contribution is 2.29. The Bertz CT molecular complexity index is 1430. The third kappa shape index (κ3) is 5.56. The number of likely N-dealkylation sites (N-methyl/N-ethyl adjacent to an activating group) is 1. The number of phenolic OH excluding ortho intramolecular Hbond substituents is 1. The molecule has 0 aliphatic heterocycles. The molecule has 0 spiro atoms. The summed E-state index contributed by atoms with van der Waals surface area (Å²) in [5.41, 5.74) is 6.19. The molecule has 0 aliphatic carbocycles. The van der Waals surface area contributed by atoms with Crippen LogP contribution < -0.4 is 10.6 Å². The van der Waals surface area contributed by atoms with Gasteiger partial charge in [-0.3, -0.25) is 9.48 Å². The largest absolute Gasteiger partial charge is 0.508 e. The lowest BCUT2D eigenvalue weighted by molar-refractivity contribution is 0.0787. The van der Waals surface area contributed by atoms with E-state index in [4.69, 9.17) is 9.97 Å². The van der Waals surface area contributed by atoms with Crippen molar-refractivity contribution in [1.82, 2.24) is 30.0 Å². The molecule has 4 aromatic rings. The van der Waals surface area contributed by atoms with Crippen LogP contribution in [0.4, 0.5) is 5.69 Å². The van der Waals surface area contributed by atoms with Gasteiger partial charge in [0.25, 0.3) is 5.91 Å². The Labute approximate surface area is 217 Å². The standard InChI is InChI=1S/C28H35N7O2/c1-7-35-19(4)20(15-31-35)16-34(6)28(37)23-13-27(33-25-9-8-21(36)12-22(23)25)26-11-10-24(18(3)32-26)30-14-17(2)29-5/h8-13,15,17,29-30,36H,7,14,16H2,1-6H3. The Morgan fingerprint density at radius 3 is 2.59 bits per heavy atom. The number of carbonyl (C=O) groups is 1. The smallest absolute Gasteiger partial charge is 0.254 e. The molecule has 1 unspecified atom stereocenters. The summed E-state index contributed by atoms with van der Waals surface area (Å²) in [4.78, 5) is 24.9. The number of aryl methyl sites for hydroxylation is 2. The number of aromatic hydroxyl groups is 1. The topological polar surface area (TPSA) is 108 Å². The number of phenols is 1. The first-order chi connectivity index (χ1) is 17.7. The van der Waals surface area contributed by atoms with Gasteiger partial charge in [0.05, 0.1) is 40.0 Å². The highest BCUT2D eigenvalue weighted by Gasteiger charge is 2.20. The van der Waals surface area contributed by atoms with Crippen molar-refractivity contribution in [3.05, 3.63) is 65.1 Å². The third-order valence-electron chi connectivity index (χ3n) is 6.72. The van der Waals surface area contributed by atoms with Crippen LogP contribution in [0.25, 0.3) is 22.3 Å². The number of benzene rings is 1. The van der Waals surface area contributed by atoms with Crippen molar-refractivity contribution in [2.24, 2.45) is 0 Å². The number of hydrogen-bond acceptors (Lipinski definition) is 7. The van der Waals surface area contributed by atoms with Crippen LogP contribution in [-0.4, -0.2) is 62.3 Å². The van der Waals surface area contributed by atoms with Gasteiger partial charge in [-0.2, -0.15) is 5.10 Å². The first kappa shape index (κ1) is 26.1. The molecule has 4 rings (SSSR count). The van der Waals surface area contributed by atoms with E-state index in [2.05, 4.69) is 22.7 Å². The maximum absolute atomic E-state index is 13.7. The van der Waals surface area contributed by atoms with Crippen molar-refractivity contribution in [1.29, 1.82) is 0 Å². The summed E-state index contributed by atoms with van der Waals surface area (Å²) in [5, 5.41) is 21.8. The second kappa shape index (κ2) is 11.0. The molecule has 37 heavy (non-hydrogen) atoms. The van der Waals surface area contributed by atoms with Crippen LogP contribution in [0.1, 0.15) is 41.2 Å². The Morgan fingerprint density at radius 1 is 1.14 bits per heavy atom. The molecule has 1 amide bonds. The molecular weight excluding hydrogens is 466 g/mol. The number of fused-ring (bicyclic) bond motifs is 1. The van der Waals surface area contributed by atoms with E-state index in [1.54, 1.807) is 36.2 Å². The fourth-order valence-electron chi connectivity index (χ4n) is 4.27. The van der Waals surface area contributed by atoms with Crippen molar-refractivity contribution in [2.75, 3.05) is 26.0 Å². The molecule has 0 radical (unpaired) electrons. The molecular formula is C28H35N7O2. The zero-order valence-corrected chi connectivity index (χ0v) is 22.3. The van der Waals surface area contributed by atoms with Gasteiger partial charge in [-0.1, -0.05) is 0 Å². The van der Waals surface area contributed by atoms with E-state index in [0.717, 1.165) is 35.7 Å². The minimum Gasteiger partial charge on any atom is -0.508 e. The number of anilines is 1. The SMILES string of the molecule is CCn1ncc(CN(C)C(=O)c2cc(-c3ccc(NCC(C)NC)c(C)n3)nc3ccc(O)cc23)c1C. The first-order valence-electron chi connectivity index (χ1n) is 12.5. The molecule has 3 aromatic heterocycles. The van der Waals surface area contributed by atoms with Gasteiger partial charge in [-0.25, -0.2) is 9.97 Å². The normalized spacial score (nSPS) is 12.1. The Balaban J connectivity index is 1.70. The maximum atomic E-state index is 13.7. The Hall–Kier alpha value is -3.98. The number of aromatic nitrogens is 4. The van der Waals surface area contributed by atoms with E-state index >= 15 is 0 Å². The van der Waals surface area contributed by atoms with Crippen LogP contribution in [-0.2, 0) is 13.1 Å². The van der Waals surface area contributed by atoms with Gasteiger partial charge in [0.15, 0.2) is 0 Å². The molecule has 0 fully saturated rings. The van der Waals surface area contributed by atoms with Gasteiger partial charge in [0.2, 0.25) is 0 Å². The van der Waals surface area contributed by atoms with Crippen LogP contribution in [0.15, 0.2) is 42.6 Å². The lowest BCUT2D eigenvalue weighted by Gasteiger charge is -2.19. The second-order valence-corrected chi connectivity index (χ2v) is 9.39. The zero-order chi connectivity index (χ0) is 26.7. The lowest BCUT2D eigenvalue weighted by Crippen LogP contribution is -2.29. The summed E-state index contributed by atoms with van der Waals surface area (Å²) in [5.74, 6) is -0.0852. The zero-order valence-electron chi connectivity index (χ0n) is 22.3. The molecule has 194 valence electrons. The predicted octanol–water partition coefficient (Wildman–Crippen LogP) is 4.13. The van der Waals surface area contributed by atoms with Crippen molar-refractivity contribution < 1.29 is 9.90 Å². The monoisotopic (exact) mass is 501 g/mol. The number of amides is 1. The minimum atomic E-state index is -0.168. The molecule has 1 aromatic carbocycles. The molecule has 0 aliphatic rings. The summed E-state index contributed by atoms with van der Waals surface area (Å²) >= 11 is 0. The van der Waals surface area contributed by atoms with E-state index in [9.17, 15) is 9.90 Å². The van der Waals surface area contributed by atoms with E-state index in [1.165, 1.54) is 0 Å². The van der Waals surface area contributed by atoms with Gasteiger partial charge in [-0.05, 0) is 71.1 Å². The molecule has 1 atom stereocenters. The first-order valence-corrected chi connectivity index (χ1v) is 12.5. The van der Waals surface area contributed by atoms with Crippen LogP contribution >= 0.6 is 0 Å². The number of nitrogens with one attached hydrogen (secondary N) is 2.